The highest BCUT2D eigenvalue weighted by molar-refractivity contribution is 4.88. The van der Waals surface area contributed by atoms with Gasteiger partial charge in [-0.15, -0.1) is 0 Å². The maximum atomic E-state index is 9.77. The van der Waals surface area contributed by atoms with Gasteiger partial charge in [0, 0.05) is 31.2 Å². The van der Waals surface area contributed by atoms with Crippen LogP contribution in [0.5, 0.6) is 0 Å². The summed E-state index contributed by atoms with van der Waals surface area (Å²) >= 11 is 0. The molecular formula is C14H27NO2. The van der Waals surface area contributed by atoms with Crippen LogP contribution >= 0.6 is 0 Å². The molecule has 2 rings (SSSR count). The summed E-state index contributed by atoms with van der Waals surface area (Å²) in [4.78, 5) is 2.52. The van der Waals surface area contributed by atoms with Crippen LogP contribution in [0.15, 0.2) is 0 Å². The first-order valence-electron chi connectivity index (χ1n) is 7.12. The molecule has 17 heavy (non-hydrogen) atoms. The minimum Gasteiger partial charge on any atom is -0.396 e. The molecule has 0 aromatic carbocycles. The van der Waals surface area contributed by atoms with Crippen LogP contribution in [-0.4, -0.2) is 48.5 Å². The van der Waals surface area contributed by atoms with Crippen LogP contribution in [0.25, 0.3) is 0 Å². The van der Waals surface area contributed by atoms with Gasteiger partial charge in [-0.1, -0.05) is 19.3 Å². The first-order chi connectivity index (χ1) is 8.15. The first-order valence-corrected chi connectivity index (χ1v) is 7.12. The lowest BCUT2D eigenvalue weighted by Gasteiger charge is -2.44. The molecule has 1 saturated carbocycles. The van der Waals surface area contributed by atoms with Crippen LogP contribution in [0.1, 0.15) is 46.0 Å². The van der Waals surface area contributed by atoms with E-state index in [4.69, 9.17) is 4.74 Å². The number of aliphatic hydroxyl groups excluding tert-OH is 1. The van der Waals surface area contributed by atoms with E-state index < -0.39 is 0 Å². The fourth-order valence-corrected chi connectivity index (χ4v) is 3.29. The van der Waals surface area contributed by atoms with Gasteiger partial charge < -0.3 is 9.84 Å². The normalized spacial score (nSPS) is 34.8. The molecule has 0 aromatic rings. The first kappa shape index (κ1) is 13.3. The van der Waals surface area contributed by atoms with Gasteiger partial charge in [0.25, 0.3) is 0 Å². The van der Waals surface area contributed by atoms with Crippen molar-refractivity contribution >= 4 is 0 Å². The standard InChI is InChI=1S/C14H27NO2/c1-12-9-17-13(2)8-15(12)10-14(11-16)6-4-3-5-7-14/h12-13,16H,3-11H2,1-2H3. The van der Waals surface area contributed by atoms with Crippen molar-refractivity contribution in [1.82, 2.24) is 4.90 Å². The molecule has 2 unspecified atom stereocenters. The molecule has 2 aliphatic rings. The van der Waals surface area contributed by atoms with E-state index in [0.717, 1.165) is 19.7 Å². The third-order valence-corrected chi connectivity index (χ3v) is 4.53. The topological polar surface area (TPSA) is 32.7 Å². The van der Waals surface area contributed by atoms with Crippen LogP contribution in [0.4, 0.5) is 0 Å². The molecule has 1 aliphatic carbocycles. The van der Waals surface area contributed by atoms with E-state index in [-0.39, 0.29) is 5.41 Å². The number of hydrogen-bond donors (Lipinski definition) is 1. The summed E-state index contributed by atoms with van der Waals surface area (Å²) in [6.45, 7) is 7.64. The summed E-state index contributed by atoms with van der Waals surface area (Å²) in [7, 11) is 0. The number of morpholine rings is 1. The number of aliphatic hydroxyl groups is 1. The van der Waals surface area contributed by atoms with Crippen LogP contribution in [-0.2, 0) is 4.74 Å². The zero-order valence-corrected chi connectivity index (χ0v) is 11.3. The quantitative estimate of drug-likeness (QED) is 0.821. The lowest BCUT2D eigenvalue weighted by molar-refractivity contribution is -0.0741. The summed E-state index contributed by atoms with van der Waals surface area (Å²) in [6.07, 6.45) is 6.65. The molecule has 0 aromatic heterocycles. The van der Waals surface area contributed by atoms with Gasteiger partial charge in [0.15, 0.2) is 0 Å². The second-order valence-electron chi connectivity index (χ2n) is 6.14. The second-order valence-corrected chi connectivity index (χ2v) is 6.14. The Morgan fingerprint density at radius 1 is 1.24 bits per heavy atom. The third kappa shape index (κ3) is 3.21. The summed E-state index contributed by atoms with van der Waals surface area (Å²) < 4.78 is 5.67. The van der Waals surface area contributed by atoms with Crippen LogP contribution < -0.4 is 0 Å². The van der Waals surface area contributed by atoms with Crippen molar-refractivity contribution in [3.8, 4) is 0 Å². The highest BCUT2D eigenvalue weighted by Gasteiger charge is 2.36. The molecule has 2 fully saturated rings. The number of ether oxygens (including phenoxy) is 1. The van der Waals surface area contributed by atoms with Crippen molar-refractivity contribution in [3.05, 3.63) is 0 Å². The molecular weight excluding hydrogens is 214 g/mol. The van der Waals surface area contributed by atoms with Gasteiger partial charge in [0.05, 0.1) is 12.7 Å². The molecule has 2 atom stereocenters. The lowest BCUT2D eigenvalue weighted by Crippen LogP contribution is -2.52. The second kappa shape index (κ2) is 5.68. The Morgan fingerprint density at radius 2 is 1.94 bits per heavy atom. The predicted molar refractivity (Wildman–Crippen MR) is 69.1 cm³/mol. The Balaban J connectivity index is 1.96. The molecule has 1 aliphatic heterocycles. The van der Waals surface area contributed by atoms with E-state index in [0.29, 0.717) is 18.8 Å². The zero-order chi connectivity index (χ0) is 12.3. The molecule has 0 amide bonds. The van der Waals surface area contributed by atoms with Crippen LogP contribution in [0.3, 0.4) is 0 Å². The number of nitrogens with zero attached hydrogens (tertiary/aromatic N) is 1. The molecule has 0 radical (unpaired) electrons. The van der Waals surface area contributed by atoms with Crippen LogP contribution in [0, 0.1) is 5.41 Å². The number of hydrogen-bond acceptors (Lipinski definition) is 3. The lowest BCUT2D eigenvalue weighted by atomic mass is 9.74. The fraction of sp³-hybridized carbons (Fsp3) is 1.00. The Kier molecular flexibility index (Phi) is 4.45. The average molecular weight is 241 g/mol. The fourth-order valence-electron chi connectivity index (χ4n) is 3.29. The maximum absolute atomic E-state index is 9.77. The Morgan fingerprint density at radius 3 is 2.59 bits per heavy atom. The third-order valence-electron chi connectivity index (χ3n) is 4.53. The molecule has 100 valence electrons. The minimum absolute atomic E-state index is 0.170. The maximum Gasteiger partial charge on any atom is 0.0674 e. The molecule has 3 heteroatoms. The molecule has 1 N–H and O–H groups in total. The smallest absolute Gasteiger partial charge is 0.0674 e. The summed E-state index contributed by atoms with van der Waals surface area (Å²) in [5.74, 6) is 0. The van der Waals surface area contributed by atoms with E-state index in [2.05, 4.69) is 18.7 Å². The van der Waals surface area contributed by atoms with Gasteiger partial charge in [-0.25, -0.2) is 0 Å². The number of rotatable bonds is 3. The van der Waals surface area contributed by atoms with Gasteiger partial charge >= 0.3 is 0 Å². The van der Waals surface area contributed by atoms with Crippen LogP contribution in [0.2, 0.25) is 0 Å². The van der Waals surface area contributed by atoms with Gasteiger partial charge in [-0.3, -0.25) is 4.90 Å². The van der Waals surface area contributed by atoms with Gasteiger partial charge in [-0.2, -0.15) is 0 Å². The largest absolute Gasteiger partial charge is 0.396 e. The summed E-state index contributed by atoms with van der Waals surface area (Å²) in [5, 5.41) is 9.77. The van der Waals surface area contributed by atoms with E-state index in [1.165, 1.54) is 32.1 Å². The van der Waals surface area contributed by atoms with Crippen molar-refractivity contribution in [1.29, 1.82) is 0 Å². The molecule has 0 spiro atoms. The highest BCUT2D eigenvalue weighted by Crippen LogP contribution is 2.37. The van der Waals surface area contributed by atoms with Gasteiger partial charge in [-0.05, 0) is 26.7 Å². The van der Waals surface area contributed by atoms with Gasteiger partial charge in [0.1, 0.15) is 0 Å². The average Bonchev–Trinajstić information content (AvgIpc) is 2.35. The van der Waals surface area contributed by atoms with E-state index in [9.17, 15) is 5.11 Å². The van der Waals surface area contributed by atoms with Crippen molar-refractivity contribution in [2.24, 2.45) is 5.41 Å². The molecule has 1 saturated heterocycles. The predicted octanol–water partition coefficient (Wildman–Crippen LogP) is 2.04. The van der Waals surface area contributed by atoms with Gasteiger partial charge in [0.2, 0.25) is 0 Å². The van der Waals surface area contributed by atoms with Crippen molar-refractivity contribution in [3.63, 3.8) is 0 Å². The SMILES string of the molecule is CC1CN(CC2(CO)CCCCC2)C(C)CO1. The molecule has 0 bridgehead atoms. The zero-order valence-electron chi connectivity index (χ0n) is 11.3. The Hall–Kier alpha value is -0.120. The van der Waals surface area contributed by atoms with Crippen molar-refractivity contribution < 1.29 is 9.84 Å². The molecule has 3 nitrogen and oxygen atoms in total. The summed E-state index contributed by atoms with van der Waals surface area (Å²) in [5.41, 5.74) is 0.170. The van der Waals surface area contributed by atoms with Crippen molar-refractivity contribution in [2.75, 3.05) is 26.3 Å². The highest BCUT2D eigenvalue weighted by atomic mass is 16.5. The Labute approximate surface area is 105 Å². The summed E-state index contributed by atoms with van der Waals surface area (Å²) in [6, 6.07) is 0.497. The Bertz CT molecular complexity index is 238. The van der Waals surface area contributed by atoms with Crippen molar-refractivity contribution in [2.45, 2.75) is 58.1 Å². The van der Waals surface area contributed by atoms with E-state index >= 15 is 0 Å². The molecule has 1 heterocycles. The minimum atomic E-state index is 0.170. The van der Waals surface area contributed by atoms with E-state index in [1.54, 1.807) is 0 Å². The van der Waals surface area contributed by atoms with E-state index in [1.807, 2.05) is 0 Å². The monoisotopic (exact) mass is 241 g/mol.